The van der Waals surface area contributed by atoms with Crippen LogP contribution in [0, 0.1) is 20.8 Å². The van der Waals surface area contributed by atoms with Crippen molar-refractivity contribution in [2.24, 2.45) is 0 Å². The first-order valence-corrected chi connectivity index (χ1v) is 7.94. The van der Waals surface area contributed by atoms with E-state index < -0.39 is 0 Å². The molecule has 0 unspecified atom stereocenters. The molecule has 0 radical (unpaired) electrons. The molecule has 7 nitrogen and oxygen atoms in total. The van der Waals surface area contributed by atoms with Gasteiger partial charge in [-0.3, -0.25) is 9.25 Å². The quantitative estimate of drug-likeness (QED) is 0.724. The van der Waals surface area contributed by atoms with E-state index in [2.05, 4.69) is 20.4 Å². The average Bonchev–Trinajstić information content (AvgIpc) is 3.11. The van der Waals surface area contributed by atoms with E-state index in [1.54, 1.807) is 12.4 Å². The molecular weight excluding hydrogens is 304 g/mol. The third-order valence-corrected chi connectivity index (χ3v) is 4.14. The van der Waals surface area contributed by atoms with E-state index >= 15 is 0 Å². The number of nitrogens with one attached hydrogen (secondary N) is 1. The van der Waals surface area contributed by atoms with Gasteiger partial charge in [-0.2, -0.15) is 5.10 Å². The van der Waals surface area contributed by atoms with Gasteiger partial charge in [0.1, 0.15) is 5.82 Å². The molecule has 2 N–H and O–H groups in total. The first kappa shape index (κ1) is 16.2. The fourth-order valence-electron chi connectivity index (χ4n) is 2.81. The van der Waals surface area contributed by atoms with Gasteiger partial charge in [-0.1, -0.05) is 0 Å². The van der Waals surface area contributed by atoms with E-state index in [9.17, 15) is 0 Å². The third kappa shape index (κ3) is 3.03. The van der Waals surface area contributed by atoms with Gasteiger partial charge in [0, 0.05) is 36.4 Å². The highest BCUT2D eigenvalue weighted by Gasteiger charge is 2.13. The Balaban J connectivity index is 1.85. The largest absolute Gasteiger partial charge is 0.394 e. The minimum atomic E-state index is 0.0848. The van der Waals surface area contributed by atoms with Gasteiger partial charge in [-0.05, 0) is 32.9 Å². The van der Waals surface area contributed by atoms with Gasteiger partial charge in [-0.25, -0.2) is 9.97 Å². The molecule has 0 aliphatic carbocycles. The Labute approximate surface area is 141 Å². The van der Waals surface area contributed by atoms with Crippen molar-refractivity contribution in [3.8, 4) is 5.82 Å². The van der Waals surface area contributed by atoms with Crippen molar-refractivity contribution in [3.05, 3.63) is 53.5 Å². The Morgan fingerprint density at radius 2 is 2.00 bits per heavy atom. The fraction of sp³-hybridized carbons (Fsp3) is 0.353. The van der Waals surface area contributed by atoms with Crippen LogP contribution in [0.5, 0.6) is 0 Å². The Kier molecular flexibility index (Phi) is 4.61. The number of anilines is 1. The lowest BCUT2D eigenvalue weighted by Crippen LogP contribution is -2.09. The normalized spacial score (nSPS) is 11.0. The third-order valence-electron chi connectivity index (χ3n) is 4.14. The van der Waals surface area contributed by atoms with E-state index in [1.807, 2.05) is 48.3 Å². The molecule has 3 aromatic heterocycles. The van der Waals surface area contributed by atoms with Crippen molar-refractivity contribution in [3.63, 3.8) is 0 Å². The van der Waals surface area contributed by atoms with Gasteiger partial charge in [0.15, 0.2) is 5.82 Å². The van der Waals surface area contributed by atoms with Crippen LogP contribution in [0.2, 0.25) is 0 Å². The van der Waals surface area contributed by atoms with E-state index in [-0.39, 0.29) is 6.61 Å². The number of imidazole rings is 1. The van der Waals surface area contributed by atoms with Crippen molar-refractivity contribution < 1.29 is 5.11 Å². The van der Waals surface area contributed by atoms with Crippen LogP contribution in [0.4, 0.5) is 5.69 Å². The first-order valence-electron chi connectivity index (χ1n) is 7.94. The van der Waals surface area contributed by atoms with Gasteiger partial charge in [0.2, 0.25) is 0 Å². The van der Waals surface area contributed by atoms with Gasteiger partial charge in [0.05, 0.1) is 24.5 Å². The summed E-state index contributed by atoms with van der Waals surface area (Å²) in [7, 11) is 0. The maximum atomic E-state index is 9.13. The number of hydrogen-bond donors (Lipinski definition) is 2. The Bertz CT molecular complexity index is 835. The minimum Gasteiger partial charge on any atom is -0.394 e. The highest BCUT2D eigenvalue weighted by atomic mass is 16.3. The summed E-state index contributed by atoms with van der Waals surface area (Å²) in [6, 6.07) is 3.91. The van der Waals surface area contributed by atoms with Crippen LogP contribution in [0.1, 0.15) is 22.8 Å². The van der Waals surface area contributed by atoms with Gasteiger partial charge < -0.3 is 10.4 Å². The molecule has 3 heterocycles. The van der Waals surface area contributed by atoms with Crippen molar-refractivity contribution in [2.45, 2.75) is 33.9 Å². The summed E-state index contributed by atoms with van der Waals surface area (Å²) in [5.41, 5.74) is 4.11. The summed E-state index contributed by atoms with van der Waals surface area (Å²) in [6.07, 6.45) is 5.44. The van der Waals surface area contributed by atoms with Crippen molar-refractivity contribution in [2.75, 3.05) is 11.9 Å². The summed E-state index contributed by atoms with van der Waals surface area (Å²) >= 11 is 0. The van der Waals surface area contributed by atoms with E-state index in [4.69, 9.17) is 5.11 Å². The molecule has 0 spiro atoms. The van der Waals surface area contributed by atoms with E-state index in [0.717, 1.165) is 34.3 Å². The van der Waals surface area contributed by atoms with E-state index in [0.29, 0.717) is 13.1 Å². The number of aliphatic hydroxyl groups excluding tert-OH is 1. The van der Waals surface area contributed by atoms with Crippen LogP contribution in [0.3, 0.4) is 0 Å². The number of nitrogens with zero attached hydrogens (tertiary/aromatic N) is 5. The molecule has 7 heteroatoms. The molecule has 0 aliphatic heterocycles. The molecule has 0 aromatic carbocycles. The van der Waals surface area contributed by atoms with Crippen LogP contribution < -0.4 is 5.32 Å². The zero-order chi connectivity index (χ0) is 17.1. The molecule has 0 atom stereocenters. The second kappa shape index (κ2) is 6.84. The Morgan fingerprint density at radius 1 is 1.17 bits per heavy atom. The summed E-state index contributed by atoms with van der Waals surface area (Å²) in [5.74, 6) is 1.71. The topological polar surface area (TPSA) is 80.8 Å². The zero-order valence-corrected chi connectivity index (χ0v) is 14.2. The number of aliphatic hydroxyl groups is 1. The van der Waals surface area contributed by atoms with Gasteiger partial charge in [-0.15, -0.1) is 0 Å². The minimum absolute atomic E-state index is 0.0848. The summed E-state index contributed by atoms with van der Waals surface area (Å²) in [5, 5.41) is 17.1. The zero-order valence-electron chi connectivity index (χ0n) is 14.2. The Morgan fingerprint density at radius 3 is 2.71 bits per heavy atom. The molecular formula is C17H22N6O. The summed E-state index contributed by atoms with van der Waals surface area (Å²) < 4.78 is 3.80. The second-order valence-corrected chi connectivity index (χ2v) is 5.67. The Hall–Kier alpha value is -2.67. The highest BCUT2D eigenvalue weighted by Crippen LogP contribution is 2.21. The second-order valence-electron chi connectivity index (χ2n) is 5.67. The van der Waals surface area contributed by atoms with Crippen LogP contribution in [0.15, 0.2) is 30.7 Å². The van der Waals surface area contributed by atoms with Crippen LogP contribution >= 0.6 is 0 Å². The molecule has 3 rings (SSSR count). The van der Waals surface area contributed by atoms with Crippen LogP contribution in [-0.4, -0.2) is 36.0 Å². The lowest BCUT2D eigenvalue weighted by molar-refractivity contribution is 0.268. The van der Waals surface area contributed by atoms with Crippen LogP contribution in [0.25, 0.3) is 5.82 Å². The van der Waals surface area contributed by atoms with Crippen molar-refractivity contribution in [1.82, 2.24) is 24.3 Å². The number of pyridine rings is 1. The number of aromatic nitrogens is 5. The molecule has 0 amide bonds. The average molecular weight is 326 g/mol. The SMILES string of the molecule is Cc1nn(CCO)c(C)c1CNc1cccnc1-n1ccnc1C. The molecule has 0 bridgehead atoms. The molecule has 0 saturated carbocycles. The number of hydrogen-bond acceptors (Lipinski definition) is 5. The van der Waals surface area contributed by atoms with Crippen molar-refractivity contribution in [1.29, 1.82) is 0 Å². The molecule has 0 fully saturated rings. The first-order chi connectivity index (χ1) is 11.6. The predicted octanol–water partition coefficient (Wildman–Crippen LogP) is 1.99. The van der Waals surface area contributed by atoms with Crippen LogP contribution in [-0.2, 0) is 13.1 Å². The number of aryl methyl sites for hydroxylation is 2. The predicted molar refractivity (Wildman–Crippen MR) is 92.2 cm³/mol. The van der Waals surface area contributed by atoms with Gasteiger partial charge in [0.25, 0.3) is 0 Å². The van der Waals surface area contributed by atoms with E-state index in [1.165, 1.54) is 0 Å². The highest BCUT2D eigenvalue weighted by molar-refractivity contribution is 5.57. The molecule has 3 aromatic rings. The lowest BCUT2D eigenvalue weighted by atomic mass is 10.2. The molecule has 0 aliphatic rings. The smallest absolute Gasteiger partial charge is 0.161 e. The molecule has 0 saturated heterocycles. The number of rotatable bonds is 6. The maximum Gasteiger partial charge on any atom is 0.161 e. The molecule has 24 heavy (non-hydrogen) atoms. The summed E-state index contributed by atoms with van der Waals surface area (Å²) in [4.78, 5) is 8.74. The van der Waals surface area contributed by atoms with Crippen molar-refractivity contribution >= 4 is 5.69 Å². The fourth-order valence-corrected chi connectivity index (χ4v) is 2.81. The monoisotopic (exact) mass is 326 g/mol. The molecule has 126 valence electrons. The maximum absolute atomic E-state index is 9.13. The standard InChI is InChI=1S/C17H22N6O/c1-12-15(13(2)23(21-12)9-10-24)11-20-16-5-4-6-19-17(16)22-8-7-18-14(22)3/h4-8,20,24H,9-11H2,1-3H3. The lowest BCUT2D eigenvalue weighted by Gasteiger charge is -2.13. The van der Waals surface area contributed by atoms with Gasteiger partial charge >= 0.3 is 0 Å². The summed E-state index contributed by atoms with van der Waals surface area (Å²) in [6.45, 7) is 7.21.